The molecule has 0 radical (unpaired) electrons. The second-order valence-corrected chi connectivity index (χ2v) is 7.79. The fourth-order valence-corrected chi connectivity index (χ4v) is 5.41. The summed E-state index contributed by atoms with van der Waals surface area (Å²) in [6.45, 7) is 3.78. The van der Waals surface area contributed by atoms with Crippen LogP contribution in [0.3, 0.4) is 0 Å². The van der Waals surface area contributed by atoms with Crippen LogP contribution in [0.2, 0.25) is 0 Å². The fourth-order valence-electron chi connectivity index (χ4n) is 2.60. The first-order valence-corrected chi connectivity index (χ1v) is 9.05. The van der Waals surface area contributed by atoms with Gasteiger partial charge in [-0.2, -0.15) is 0 Å². The average molecular weight is 311 g/mol. The fraction of sp³-hybridized carbons (Fsp3) is 0.167. The normalized spacial score (nSPS) is 11.5. The van der Waals surface area contributed by atoms with Crippen molar-refractivity contribution in [3.63, 3.8) is 0 Å². The molecule has 3 aromatic rings. The summed E-state index contributed by atoms with van der Waals surface area (Å²) in [6.07, 6.45) is 0.666. The number of nitrogens with zero attached hydrogens (tertiary/aromatic N) is 1. The summed E-state index contributed by atoms with van der Waals surface area (Å²) in [6, 6.07) is 19.1. The predicted octanol–water partition coefficient (Wildman–Crippen LogP) is 3.18. The van der Waals surface area contributed by atoms with Crippen LogP contribution in [0.4, 0.5) is 0 Å². The Hall–Kier alpha value is -2.12. The van der Waals surface area contributed by atoms with E-state index in [0.717, 1.165) is 10.6 Å². The van der Waals surface area contributed by atoms with Crippen LogP contribution in [0.15, 0.2) is 65.1 Å². The van der Waals surface area contributed by atoms with Crippen LogP contribution in [-0.4, -0.2) is 4.98 Å². The van der Waals surface area contributed by atoms with Gasteiger partial charge in [-0.15, -0.1) is 0 Å². The Bertz CT molecular complexity index is 766. The van der Waals surface area contributed by atoms with Crippen LogP contribution in [0, 0.1) is 6.92 Å². The second-order valence-electron chi connectivity index (χ2n) is 5.11. The molecule has 22 heavy (non-hydrogen) atoms. The Morgan fingerprint density at radius 3 is 1.91 bits per heavy atom. The van der Waals surface area contributed by atoms with Gasteiger partial charge in [0.15, 0.2) is 18.5 Å². The lowest BCUT2D eigenvalue weighted by Crippen LogP contribution is -2.27. The van der Waals surface area contributed by atoms with Crippen molar-refractivity contribution >= 4 is 23.2 Å². The van der Waals surface area contributed by atoms with Gasteiger partial charge in [-0.3, -0.25) is 0 Å². The van der Waals surface area contributed by atoms with Crippen LogP contribution in [0.5, 0.6) is 0 Å². The first kappa shape index (κ1) is 14.8. The van der Waals surface area contributed by atoms with Gasteiger partial charge in [-0.25, -0.2) is 4.98 Å². The molecule has 0 aliphatic rings. The van der Waals surface area contributed by atoms with Gasteiger partial charge in [0.05, 0.1) is 0 Å². The number of benzene rings is 2. The molecule has 3 rings (SSSR count). The van der Waals surface area contributed by atoms with Crippen LogP contribution in [0.25, 0.3) is 0 Å². The van der Waals surface area contributed by atoms with Gasteiger partial charge < -0.3 is 8.98 Å². The zero-order valence-corrected chi connectivity index (χ0v) is 13.6. The Morgan fingerprint density at radius 2 is 1.45 bits per heavy atom. The quantitative estimate of drug-likeness (QED) is 0.695. The van der Waals surface area contributed by atoms with Gasteiger partial charge in [-0.1, -0.05) is 67.6 Å². The van der Waals surface area contributed by atoms with E-state index >= 15 is 0 Å². The van der Waals surface area contributed by atoms with Crippen molar-refractivity contribution in [3.8, 4) is 0 Å². The van der Waals surface area contributed by atoms with Crippen LogP contribution in [0.1, 0.15) is 18.6 Å². The van der Waals surface area contributed by atoms with E-state index in [2.05, 4.69) is 4.98 Å². The van der Waals surface area contributed by atoms with Gasteiger partial charge >= 0.3 is 0 Å². The predicted molar refractivity (Wildman–Crippen MR) is 90.0 cm³/mol. The molecule has 1 heterocycles. The van der Waals surface area contributed by atoms with E-state index in [1.54, 1.807) is 6.92 Å². The number of rotatable bonds is 4. The molecule has 2 aromatic carbocycles. The van der Waals surface area contributed by atoms with Crippen molar-refractivity contribution in [2.45, 2.75) is 20.3 Å². The van der Waals surface area contributed by atoms with E-state index in [-0.39, 0.29) is 0 Å². The molecule has 0 unspecified atom stereocenters. The SMILES string of the molecule is CCc1oc(C)nc1P(=O)(c1ccccc1)c1ccccc1. The van der Waals surface area contributed by atoms with E-state index in [1.165, 1.54) is 0 Å². The summed E-state index contributed by atoms with van der Waals surface area (Å²) < 4.78 is 19.8. The maximum Gasteiger partial charge on any atom is 0.192 e. The number of hydrogen-bond donors (Lipinski definition) is 0. The highest BCUT2D eigenvalue weighted by Gasteiger charge is 2.35. The van der Waals surface area contributed by atoms with E-state index < -0.39 is 7.14 Å². The van der Waals surface area contributed by atoms with Crippen molar-refractivity contribution < 1.29 is 8.98 Å². The van der Waals surface area contributed by atoms with Gasteiger partial charge in [-0.05, 0) is 0 Å². The van der Waals surface area contributed by atoms with Crippen molar-refractivity contribution in [2.24, 2.45) is 0 Å². The molecule has 0 saturated heterocycles. The Balaban J connectivity index is 2.31. The molecule has 0 amide bonds. The van der Waals surface area contributed by atoms with Crippen LogP contribution in [-0.2, 0) is 11.0 Å². The summed E-state index contributed by atoms with van der Waals surface area (Å²) in [5.41, 5.74) is 0.574. The Labute approximate surface area is 130 Å². The van der Waals surface area contributed by atoms with E-state index in [0.29, 0.717) is 23.5 Å². The largest absolute Gasteiger partial charge is 0.445 e. The van der Waals surface area contributed by atoms with Crippen LogP contribution >= 0.6 is 7.14 Å². The molecule has 3 nitrogen and oxygen atoms in total. The summed E-state index contributed by atoms with van der Waals surface area (Å²) in [5, 5.41) is 1.56. The Morgan fingerprint density at radius 1 is 0.955 bits per heavy atom. The Kier molecular flexibility index (Phi) is 4.00. The highest BCUT2D eigenvalue weighted by Crippen LogP contribution is 2.43. The lowest BCUT2D eigenvalue weighted by Gasteiger charge is -2.18. The maximum atomic E-state index is 14.1. The molecule has 0 fully saturated rings. The van der Waals surface area contributed by atoms with Crippen molar-refractivity contribution in [1.29, 1.82) is 0 Å². The second kappa shape index (κ2) is 5.94. The smallest absolute Gasteiger partial charge is 0.192 e. The van der Waals surface area contributed by atoms with Crippen molar-refractivity contribution in [2.75, 3.05) is 0 Å². The standard InChI is InChI=1S/C18H18NO2P/c1-3-17-18(19-14(2)21-17)22(20,15-10-6-4-7-11-15)16-12-8-5-9-13-16/h4-13H,3H2,1-2H3. The van der Waals surface area contributed by atoms with Crippen molar-refractivity contribution in [3.05, 3.63) is 72.3 Å². The molecule has 4 heteroatoms. The molecule has 0 N–H and O–H groups in total. The van der Waals surface area contributed by atoms with Crippen LogP contribution < -0.4 is 16.0 Å². The molecule has 0 spiro atoms. The van der Waals surface area contributed by atoms with Gasteiger partial charge in [0.25, 0.3) is 0 Å². The molecular weight excluding hydrogens is 293 g/mol. The number of aryl methyl sites for hydroxylation is 2. The average Bonchev–Trinajstić information content (AvgIpc) is 2.97. The third-order valence-electron chi connectivity index (χ3n) is 3.64. The summed E-state index contributed by atoms with van der Waals surface area (Å²) >= 11 is 0. The minimum atomic E-state index is -3.01. The van der Waals surface area contributed by atoms with E-state index in [4.69, 9.17) is 4.42 Å². The molecule has 1 aromatic heterocycles. The molecule has 0 aliphatic heterocycles. The highest BCUT2D eigenvalue weighted by molar-refractivity contribution is 7.85. The summed E-state index contributed by atoms with van der Waals surface area (Å²) in [7, 11) is -3.01. The van der Waals surface area contributed by atoms with E-state index in [1.807, 2.05) is 67.6 Å². The zero-order valence-electron chi connectivity index (χ0n) is 12.7. The zero-order chi connectivity index (χ0) is 15.6. The third-order valence-corrected chi connectivity index (χ3v) is 6.64. The topological polar surface area (TPSA) is 43.1 Å². The maximum absolute atomic E-state index is 14.1. The molecule has 0 bridgehead atoms. The minimum Gasteiger partial charge on any atom is -0.445 e. The van der Waals surface area contributed by atoms with Gasteiger partial charge in [0.2, 0.25) is 0 Å². The summed E-state index contributed by atoms with van der Waals surface area (Å²) in [4.78, 5) is 4.48. The lowest BCUT2D eigenvalue weighted by molar-refractivity contribution is 0.481. The highest BCUT2D eigenvalue weighted by atomic mass is 31.2. The van der Waals surface area contributed by atoms with Gasteiger partial charge in [0.1, 0.15) is 5.76 Å². The number of oxazole rings is 1. The van der Waals surface area contributed by atoms with E-state index in [9.17, 15) is 4.57 Å². The third kappa shape index (κ3) is 2.42. The minimum absolute atomic E-state index is 0.555. The van der Waals surface area contributed by atoms with Gasteiger partial charge in [0, 0.05) is 24.0 Å². The molecule has 0 aliphatic carbocycles. The van der Waals surface area contributed by atoms with Crippen molar-refractivity contribution in [1.82, 2.24) is 4.98 Å². The number of aromatic nitrogens is 1. The molecule has 0 saturated carbocycles. The molecular formula is C18H18NO2P. The molecule has 112 valence electrons. The monoisotopic (exact) mass is 311 g/mol. The molecule has 0 atom stereocenters. The first-order chi connectivity index (χ1) is 10.7. The lowest BCUT2D eigenvalue weighted by atomic mass is 10.4. The number of hydrogen-bond acceptors (Lipinski definition) is 3. The summed E-state index contributed by atoms with van der Waals surface area (Å²) in [5.74, 6) is 1.26. The first-order valence-electron chi connectivity index (χ1n) is 7.34.